The lowest BCUT2D eigenvalue weighted by Gasteiger charge is -2.32. The number of hydrogen-bond acceptors (Lipinski definition) is 4. The molecule has 1 atom stereocenters. The van der Waals surface area contributed by atoms with E-state index in [9.17, 15) is 0 Å². The van der Waals surface area contributed by atoms with Crippen LogP contribution in [0.4, 0.5) is 11.4 Å². The van der Waals surface area contributed by atoms with Crippen molar-refractivity contribution in [1.82, 2.24) is 0 Å². The lowest BCUT2D eigenvalue weighted by Crippen LogP contribution is -2.19. The Morgan fingerprint density at radius 3 is 2.36 bits per heavy atom. The zero-order valence-corrected chi connectivity index (χ0v) is 19.1. The SMILES string of the molecule is CCN(c1ccccc1)c1ccc2c(c1)C(c1cccc(OC)c1)Oc1cccc(OC)c1-2. The molecule has 0 spiro atoms. The summed E-state index contributed by atoms with van der Waals surface area (Å²) in [6.45, 7) is 3.02. The molecule has 4 heteroatoms. The average Bonchev–Trinajstić information content (AvgIpc) is 2.88. The van der Waals surface area contributed by atoms with Gasteiger partial charge in [0.25, 0.3) is 0 Å². The smallest absolute Gasteiger partial charge is 0.150 e. The quantitative estimate of drug-likeness (QED) is 0.325. The van der Waals surface area contributed by atoms with Crippen LogP contribution in [0.3, 0.4) is 0 Å². The second-order valence-electron chi connectivity index (χ2n) is 7.96. The zero-order valence-electron chi connectivity index (χ0n) is 19.1. The summed E-state index contributed by atoms with van der Waals surface area (Å²) in [4.78, 5) is 2.31. The molecule has 1 aliphatic heterocycles. The van der Waals surface area contributed by atoms with Crippen molar-refractivity contribution < 1.29 is 14.2 Å². The number of hydrogen-bond donors (Lipinski definition) is 0. The fourth-order valence-corrected chi connectivity index (χ4v) is 4.57. The standard InChI is InChI=1S/C29H27NO3/c1-4-30(21-11-6-5-7-12-21)22-16-17-24-25(19-22)29(20-10-8-13-23(18-20)31-2)33-27-15-9-14-26(32-3)28(24)27/h5-19,29H,4H2,1-3H3. The number of para-hydroxylation sites is 1. The molecule has 4 aromatic rings. The zero-order chi connectivity index (χ0) is 22.8. The van der Waals surface area contributed by atoms with Gasteiger partial charge >= 0.3 is 0 Å². The third-order valence-electron chi connectivity index (χ3n) is 6.13. The van der Waals surface area contributed by atoms with Gasteiger partial charge in [-0.2, -0.15) is 0 Å². The Kier molecular flexibility index (Phi) is 5.66. The first-order chi connectivity index (χ1) is 16.2. The minimum atomic E-state index is -0.260. The van der Waals surface area contributed by atoms with Gasteiger partial charge in [-0.25, -0.2) is 0 Å². The number of benzene rings is 4. The molecule has 0 aliphatic carbocycles. The van der Waals surface area contributed by atoms with Crippen molar-refractivity contribution in [2.75, 3.05) is 25.7 Å². The van der Waals surface area contributed by atoms with Crippen LogP contribution in [0.15, 0.2) is 91.0 Å². The summed E-state index contributed by atoms with van der Waals surface area (Å²) in [6.07, 6.45) is -0.260. The molecule has 1 aliphatic rings. The highest BCUT2D eigenvalue weighted by molar-refractivity contribution is 5.83. The average molecular weight is 438 g/mol. The molecule has 0 N–H and O–H groups in total. The molecular formula is C29H27NO3. The molecule has 5 rings (SSSR count). The molecule has 0 radical (unpaired) electrons. The van der Waals surface area contributed by atoms with Gasteiger partial charge in [0.15, 0.2) is 0 Å². The molecule has 0 saturated heterocycles. The van der Waals surface area contributed by atoms with Gasteiger partial charge in [0.05, 0.1) is 19.8 Å². The van der Waals surface area contributed by atoms with Crippen LogP contribution in [0.5, 0.6) is 17.2 Å². The third-order valence-corrected chi connectivity index (χ3v) is 6.13. The van der Waals surface area contributed by atoms with Crippen molar-refractivity contribution in [3.63, 3.8) is 0 Å². The van der Waals surface area contributed by atoms with E-state index >= 15 is 0 Å². The first-order valence-electron chi connectivity index (χ1n) is 11.2. The van der Waals surface area contributed by atoms with Gasteiger partial charge in [-0.15, -0.1) is 0 Å². The van der Waals surface area contributed by atoms with E-state index in [1.165, 1.54) is 0 Å². The summed E-state index contributed by atoms with van der Waals surface area (Å²) in [6, 6.07) is 31.1. The summed E-state index contributed by atoms with van der Waals surface area (Å²) in [5, 5.41) is 0. The Bertz CT molecular complexity index is 1270. The van der Waals surface area contributed by atoms with E-state index in [4.69, 9.17) is 14.2 Å². The van der Waals surface area contributed by atoms with Crippen molar-refractivity contribution >= 4 is 11.4 Å². The van der Waals surface area contributed by atoms with Crippen molar-refractivity contribution in [1.29, 1.82) is 0 Å². The highest BCUT2D eigenvalue weighted by atomic mass is 16.5. The molecule has 0 fully saturated rings. The van der Waals surface area contributed by atoms with E-state index in [1.807, 2.05) is 42.5 Å². The van der Waals surface area contributed by atoms with Crippen molar-refractivity contribution in [2.24, 2.45) is 0 Å². The van der Waals surface area contributed by atoms with E-state index in [-0.39, 0.29) is 6.10 Å². The lowest BCUT2D eigenvalue weighted by atomic mass is 9.88. The van der Waals surface area contributed by atoms with Crippen LogP contribution in [0, 0.1) is 0 Å². The topological polar surface area (TPSA) is 30.9 Å². The minimum Gasteiger partial charge on any atom is -0.497 e. The summed E-state index contributed by atoms with van der Waals surface area (Å²) < 4.78 is 17.8. The molecule has 0 aromatic heterocycles. The normalized spacial score (nSPS) is 14.0. The largest absolute Gasteiger partial charge is 0.497 e. The summed E-state index contributed by atoms with van der Waals surface area (Å²) in [7, 11) is 3.39. The van der Waals surface area contributed by atoms with E-state index < -0.39 is 0 Å². The third kappa shape index (κ3) is 3.78. The van der Waals surface area contributed by atoms with Gasteiger partial charge < -0.3 is 19.1 Å². The number of ether oxygens (including phenoxy) is 3. The van der Waals surface area contributed by atoms with Crippen LogP contribution in [-0.4, -0.2) is 20.8 Å². The number of nitrogens with zero attached hydrogens (tertiary/aromatic N) is 1. The van der Waals surface area contributed by atoms with E-state index in [1.54, 1.807) is 14.2 Å². The molecule has 0 amide bonds. The Morgan fingerprint density at radius 1 is 0.788 bits per heavy atom. The van der Waals surface area contributed by atoms with Crippen LogP contribution >= 0.6 is 0 Å². The van der Waals surface area contributed by atoms with Crippen LogP contribution in [0.1, 0.15) is 24.2 Å². The first-order valence-corrected chi connectivity index (χ1v) is 11.2. The lowest BCUT2D eigenvalue weighted by molar-refractivity contribution is 0.241. The molecule has 1 heterocycles. The summed E-state index contributed by atoms with van der Waals surface area (Å²) in [5.74, 6) is 2.43. The number of rotatable bonds is 6. The molecular weight excluding hydrogens is 410 g/mol. The fourth-order valence-electron chi connectivity index (χ4n) is 4.57. The molecule has 4 nitrogen and oxygen atoms in total. The second-order valence-corrected chi connectivity index (χ2v) is 7.96. The predicted octanol–water partition coefficient (Wildman–Crippen LogP) is 7.01. The van der Waals surface area contributed by atoms with E-state index in [2.05, 4.69) is 60.4 Å². The predicted molar refractivity (Wildman–Crippen MR) is 133 cm³/mol. The monoisotopic (exact) mass is 437 g/mol. The van der Waals surface area contributed by atoms with Crippen molar-refractivity contribution in [3.8, 4) is 28.4 Å². The maximum atomic E-state index is 6.61. The number of methoxy groups -OCH3 is 2. The molecule has 1 unspecified atom stereocenters. The molecule has 166 valence electrons. The van der Waals surface area contributed by atoms with Gasteiger partial charge in [-0.1, -0.05) is 42.5 Å². The molecule has 0 bridgehead atoms. The fraction of sp³-hybridized carbons (Fsp3) is 0.172. The van der Waals surface area contributed by atoms with Gasteiger partial charge in [0, 0.05) is 29.0 Å². The van der Waals surface area contributed by atoms with E-state index in [0.29, 0.717) is 0 Å². The van der Waals surface area contributed by atoms with Crippen molar-refractivity contribution in [3.05, 3.63) is 102 Å². The van der Waals surface area contributed by atoms with Gasteiger partial charge in [0.1, 0.15) is 23.4 Å². The Hall–Kier alpha value is -3.92. The first kappa shape index (κ1) is 21.0. The maximum Gasteiger partial charge on any atom is 0.150 e. The van der Waals surface area contributed by atoms with Gasteiger partial charge in [-0.3, -0.25) is 0 Å². The Balaban J connectivity index is 1.70. The van der Waals surface area contributed by atoms with Crippen LogP contribution in [-0.2, 0) is 0 Å². The Labute approximate surface area is 195 Å². The Morgan fingerprint density at radius 2 is 1.61 bits per heavy atom. The minimum absolute atomic E-state index is 0.260. The van der Waals surface area contributed by atoms with Gasteiger partial charge in [0.2, 0.25) is 0 Å². The van der Waals surface area contributed by atoms with Crippen LogP contribution in [0.25, 0.3) is 11.1 Å². The summed E-state index contributed by atoms with van der Waals surface area (Å²) in [5.41, 5.74) is 6.54. The highest BCUT2D eigenvalue weighted by Gasteiger charge is 2.30. The second kappa shape index (κ2) is 8.91. The van der Waals surface area contributed by atoms with Gasteiger partial charge in [-0.05, 0) is 61.0 Å². The van der Waals surface area contributed by atoms with Crippen LogP contribution < -0.4 is 19.1 Å². The highest BCUT2D eigenvalue weighted by Crippen LogP contribution is 2.50. The number of anilines is 2. The molecule has 4 aromatic carbocycles. The molecule has 0 saturated carbocycles. The molecule has 33 heavy (non-hydrogen) atoms. The number of fused-ring (bicyclic) bond motifs is 3. The summed E-state index contributed by atoms with van der Waals surface area (Å²) >= 11 is 0. The maximum absolute atomic E-state index is 6.61. The van der Waals surface area contributed by atoms with Crippen LogP contribution in [0.2, 0.25) is 0 Å². The van der Waals surface area contributed by atoms with Crippen molar-refractivity contribution in [2.45, 2.75) is 13.0 Å². The van der Waals surface area contributed by atoms with E-state index in [0.717, 1.165) is 57.4 Å².